The summed E-state index contributed by atoms with van der Waals surface area (Å²) >= 11 is 0. The molecule has 2 rings (SSSR count). The molecule has 1 unspecified atom stereocenters. The largest absolute Gasteiger partial charge is 0.416 e. The Morgan fingerprint density at radius 1 is 1.50 bits per heavy atom. The zero-order chi connectivity index (χ0) is 15.6. The molecule has 1 aliphatic rings. The highest BCUT2D eigenvalue weighted by atomic mass is 19.4. The predicted molar refractivity (Wildman–Crippen MR) is 70.4 cm³/mol. The monoisotopic (exact) mass is 287 g/mol. The van der Waals surface area contributed by atoms with Gasteiger partial charge in [0.25, 0.3) is 0 Å². The fourth-order valence-electron chi connectivity index (χ4n) is 2.24. The van der Waals surface area contributed by atoms with Gasteiger partial charge in [-0.1, -0.05) is 6.07 Å². The quantitative estimate of drug-likeness (QED) is 0.878. The van der Waals surface area contributed by atoms with Crippen molar-refractivity contribution in [1.82, 2.24) is 5.32 Å². The van der Waals surface area contributed by atoms with E-state index >= 15 is 0 Å². The number of aryl methyl sites for hydroxylation is 1. The first-order chi connectivity index (χ1) is 9.80. The van der Waals surface area contributed by atoms with E-state index in [9.17, 15) is 18.0 Å². The van der Waals surface area contributed by atoms with Crippen molar-refractivity contribution in [3.63, 3.8) is 0 Å². The van der Waals surface area contributed by atoms with Crippen LogP contribution in [-0.2, 0) is 11.0 Å². The number of anilines is 1. The minimum absolute atomic E-state index is 0.0233. The number of piperidine rings is 1. The number of amides is 1. The molecule has 1 atom stereocenters. The standard InChI is InChI=1S/C14H17F3N2O/c1-9-4-5-11(7-12(9)14(15,16)17)19-13(20)10-3-2-6-18-8-10/h4-5,7,10,18H,2-3,6,8H2,1H3,(H,19,20)/i7D. The van der Waals surface area contributed by atoms with Gasteiger partial charge in [-0.3, -0.25) is 4.79 Å². The molecule has 0 radical (unpaired) electrons. The van der Waals surface area contributed by atoms with Gasteiger partial charge < -0.3 is 10.6 Å². The van der Waals surface area contributed by atoms with Gasteiger partial charge in [0.15, 0.2) is 0 Å². The van der Waals surface area contributed by atoms with Crippen LogP contribution in [-0.4, -0.2) is 19.0 Å². The lowest BCUT2D eigenvalue weighted by atomic mass is 9.98. The Kier molecular flexibility index (Phi) is 3.91. The van der Waals surface area contributed by atoms with Crippen LogP contribution in [0.5, 0.6) is 0 Å². The number of benzene rings is 1. The molecule has 2 N–H and O–H groups in total. The maximum atomic E-state index is 12.9. The summed E-state index contributed by atoms with van der Waals surface area (Å²) in [7, 11) is 0. The lowest BCUT2D eigenvalue weighted by molar-refractivity contribution is -0.138. The highest BCUT2D eigenvalue weighted by molar-refractivity contribution is 5.92. The number of hydrogen-bond donors (Lipinski definition) is 2. The SMILES string of the molecule is [2H]c1c(NC(=O)C2CCCNC2)ccc(C)c1C(F)(F)F. The number of nitrogens with one attached hydrogen (secondary N) is 2. The van der Waals surface area contributed by atoms with Gasteiger partial charge in [0.2, 0.25) is 5.91 Å². The minimum Gasteiger partial charge on any atom is -0.326 e. The second kappa shape index (κ2) is 5.83. The van der Waals surface area contributed by atoms with Gasteiger partial charge in [0.05, 0.1) is 12.9 Å². The maximum Gasteiger partial charge on any atom is 0.416 e. The Morgan fingerprint density at radius 2 is 2.25 bits per heavy atom. The van der Waals surface area contributed by atoms with E-state index in [1.54, 1.807) is 0 Å². The van der Waals surface area contributed by atoms with Gasteiger partial charge in [0.1, 0.15) is 0 Å². The van der Waals surface area contributed by atoms with E-state index in [4.69, 9.17) is 1.37 Å². The molecule has 110 valence electrons. The number of halogens is 3. The van der Waals surface area contributed by atoms with Crippen molar-refractivity contribution in [2.24, 2.45) is 5.92 Å². The van der Waals surface area contributed by atoms with Crippen LogP contribution in [0.2, 0.25) is 0 Å². The summed E-state index contributed by atoms with van der Waals surface area (Å²) in [6.07, 6.45) is -3.05. The topological polar surface area (TPSA) is 41.1 Å². The summed E-state index contributed by atoms with van der Waals surface area (Å²) in [4.78, 5) is 12.0. The first kappa shape index (κ1) is 13.4. The second-order valence-electron chi connectivity index (χ2n) is 4.96. The summed E-state index contributed by atoms with van der Waals surface area (Å²) in [5.74, 6) is -0.610. The molecule has 0 saturated carbocycles. The first-order valence-corrected chi connectivity index (χ1v) is 6.49. The van der Waals surface area contributed by atoms with Crippen molar-refractivity contribution in [3.05, 3.63) is 29.3 Å². The average molecular weight is 287 g/mol. The molecule has 0 aliphatic carbocycles. The number of carbonyl (C=O) groups is 1. The molecule has 1 aromatic carbocycles. The van der Waals surface area contributed by atoms with Crippen LogP contribution in [0.25, 0.3) is 0 Å². The molecule has 3 nitrogen and oxygen atoms in total. The lowest BCUT2D eigenvalue weighted by Gasteiger charge is -2.22. The normalized spacial score (nSPS) is 20.4. The molecule has 0 aromatic heterocycles. The van der Waals surface area contributed by atoms with Crippen LogP contribution in [0.4, 0.5) is 18.9 Å². The highest BCUT2D eigenvalue weighted by Gasteiger charge is 2.32. The zero-order valence-corrected chi connectivity index (χ0v) is 11.1. The fourth-order valence-corrected chi connectivity index (χ4v) is 2.24. The van der Waals surface area contributed by atoms with E-state index in [-0.39, 0.29) is 23.1 Å². The van der Waals surface area contributed by atoms with E-state index < -0.39 is 17.8 Å². The maximum absolute atomic E-state index is 12.9. The zero-order valence-electron chi connectivity index (χ0n) is 12.1. The summed E-state index contributed by atoms with van der Waals surface area (Å²) in [6.45, 7) is 2.66. The third-order valence-corrected chi connectivity index (χ3v) is 3.36. The molecule has 1 amide bonds. The summed E-state index contributed by atoms with van der Waals surface area (Å²) < 4.78 is 46.5. The van der Waals surface area contributed by atoms with Crippen LogP contribution >= 0.6 is 0 Å². The van der Waals surface area contributed by atoms with E-state index in [0.717, 1.165) is 13.0 Å². The molecule has 0 bridgehead atoms. The predicted octanol–water partition coefficient (Wildman–Crippen LogP) is 2.95. The Hall–Kier alpha value is -1.56. The Bertz CT molecular complexity index is 540. The molecule has 20 heavy (non-hydrogen) atoms. The van der Waals surface area contributed by atoms with Crippen LogP contribution < -0.4 is 10.6 Å². The third kappa shape index (κ3) is 3.50. The van der Waals surface area contributed by atoms with Crippen LogP contribution in [0.3, 0.4) is 0 Å². The van der Waals surface area contributed by atoms with Crippen molar-refractivity contribution < 1.29 is 19.3 Å². The van der Waals surface area contributed by atoms with Gasteiger partial charge in [-0.15, -0.1) is 0 Å². The van der Waals surface area contributed by atoms with Gasteiger partial charge in [-0.2, -0.15) is 13.2 Å². The molecule has 1 aromatic rings. The van der Waals surface area contributed by atoms with Crippen molar-refractivity contribution in [2.45, 2.75) is 25.9 Å². The number of rotatable bonds is 2. The molecule has 1 heterocycles. The number of hydrogen-bond acceptors (Lipinski definition) is 2. The third-order valence-electron chi connectivity index (χ3n) is 3.36. The van der Waals surface area contributed by atoms with Crippen molar-refractivity contribution in [1.29, 1.82) is 0 Å². The number of alkyl halides is 3. The Balaban J connectivity index is 2.22. The fraction of sp³-hybridized carbons (Fsp3) is 0.500. The lowest BCUT2D eigenvalue weighted by Crippen LogP contribution is -2.37. The van der Waals surface area contributed by atoms with E-state index in [2.05, 4.69) is 10.6 Å². The molecule has 1 fully saturated rings. The van der Waals surface area contributed by atoms with Gasteiger partial charge in [0, 0.05) is 12.2 Å². The smallest absolute Gasteiger partial charge is 0.326 e. The molecular formula is C14H17F3N2O. The summed E-state index contributed by atoms with van der Waals surface area (Å²) in [5, 5.41) is 5.53. The minimum atomic E-state index is -4.60. The summed E-state index contributed by atoms with van der Waals surface area (Å²) in [6, 6.07) is 1.94. The van der Waals surface area contributed by atoms with Crippen LogP contribution in [0.1, 0.15) is 25.3 Å². The van der Waals surface area contributed by atoms with Crippen molar-refractivity contribution in [3.8, 4) is 0 Å². The summed E-state index contributed by atoms with van der Waals surface area (Å²) in [5.41, 5.74) is -1.12. The highest BCUT2D eigenvalue weighted by Crippen LogP contribution is 2.33. The molecule has 1 saturated heterocycles. The first-order valence-electron chi connectivity index (χ1n) is 6.99. The molecule has 1 aliphatic heterocycles. The van der Waals surface area contributed by atoms with Crippen molar-refractivity contribution >= 4 is 11.6 Å². The average Bonchev–Trinajstić information content (AvgIpc) is 2.41. The second-order valence-corrected chi connectivity index (χ2v) is 4.96. The molecule has 6 heteroatoms. The molecular weight excluding hydrogens is 269 g/mol. The van der Waals surface area contributed by atoms with Crippen LogP contribution in [0.15, 0.2) is 18.2 Å². The van der Waals surface area contributed by atoms with Gasteiger partial charge in [-0.25, -0.2) is 0 Å². The van der Waals surface area contributed by atoms with E-state index in [0.29, 0.717) is 13.0 Å². The van der Waals surface area contributed by atoms with Gasteiger partial charge >= 0.3 is 6.18 Å². The Labute approximate surface area is 117 Å². The molecule has 0 spiro atoms. The van der Waals surface area contributed by atoms with E-state index in [1.165, 1.54) is 19.1 Å². The van der Waals surface area contributed by atoms with Gasteiger partial charge in [-0.05, 0) is 44.0 Å². The van der Waals surface area contributed by atoms with Crippen LogP contribution in [0, 0.1) is 12.8 Å². The van der Waals surface area contributed by atoms with E-state index in [1.807, 2.05) is 0 Å². The number of carbonyl (C=O) groups excluding carboxylic acids is 1. The van der Waals surface area contributed by atoms with Crippen molar-refractivity contribution in [2.75, 3.05) is 18.4 Å². The Morgan fingerprint density at radius 3 is 2.85 bits per heavy atom.